The molecule has 0 saturated heterocycles. The molecule has 0 bridgehead atoms. The highest BCUT2D eigenvalue weighted by atomic mass is 32.2. The molecule has 5 nitrogen and oxygen atoms in total. The summed E-state index contributed by atoms with van der Waals surface area (Å²) in [5.41, 5.74) is 5.60. The van der Waals surface area contributed by atoms with Gasteiger partial charge in [-0.2, -0.15) is 8.42 Å². The van der Waals surface area contributed by atoms with Crippen LogP contribution in [0.1, 0.15) is 20.3 Å². The van der Waals surface area contributed by atoms with Crippen LogP contribution in [0, 0.1) is 5.92 Å². The summed E-state index contributed by atoms with van der Waals surface area (Å²) < 4.78 is 23.0. The van der Waals surface area contributed by atoms with Gasteiger partial charge in [0.15, 0.2) is 0 Å². The van der Waals surface area contributed by atoms with Gasteiger partial charge < -0.3 is 5.73 Å². The maximum absolute atomic E-state index is 10.4. The van der Waals surface area contributed by atoms with E-state index in [0.29, 0.717) is 5.92 Å². The molecular formula is C6H17N3O2S. The minimum Gasteiger partial charge on any atom is -0.327 e. The van der Waals surface area contributed by atoms with E-state index in [9.17, 15) is 8.42 Å². The topological polar surface area (TPSA) is 98.2 Å². The molecule has 74 valence electrons. The lowest BCUT2D eigenvalue weighted by Gasteiger charge is -2.13. The number of hydrogen-bond acceptors (Lipinski definition) is 3. The van der Waals surface area contributed by atoms with Gasteiger partial charge in [0.2, 0.25) is 0 Å². The molecule has 1 atom stereocenters. The minimum atomic E-state index is -3.58. The van der Waals surface area contributed by atoms with Crippen LogP contribution in [-0.2, 0) is 10.2 Å². The molecule has 0 aliphatic rings. The van der Waals surface area contributed by atoms with Gasteiger partial charge >= 0.3 is 0 Å². The van der Waals surface area contributed by atoms with Crippen molar-refractivity contribution in [3.63, 3.8) is 0 Å². The van der Waals surface area contributed by atoms with Gasteiger partial charge in [0.25, 0.3) is 10.2 Å². The Morgan fingerprint density at radius 1 is 1.42 bits per heavy atom. The van der Waals surface area contributed by atoms with Crippen LogP contribution in [0.2, 0.25) is 0 Å². The van der Waals surface area contributed by atoms with E-state index >= 15 is 0 Å². The van der Waals surface area contributed by atoms with E-state index in [1.54, 1.807) is 0 Å². The van der Waals surface area contributed by atoms with E-state index in [1.807, 2.05) is 13.8 Å². The molecule has 0 aromatic rings. The van der Waals surface area contributed by atoms with E-state index in [1.165, 1.54) is 0 Å². The Kier molecular flexibility index (Phi) is 4.69. The first-order valence-electron chi connectivity index (χ1n) is 3.84. The Labute approximate surface area is 73.7 Å². The monoisotopic (exact) mass is 195 g/mol. The van der Waals surface area contributed by atoms with E-state index in [4.69, 9.17) is 10.9 Å². The molecule has 1 unspecified atom stereocenters. The van der Waals surface area contributed by atoms with Gasteiger partial charge in [0.1, 0.15) is 0 Å². The Morgan fingerprint density at radius 2 is 1.92 bits per heavy atom. The second-order valence-corrected chi connectivity index (χ2v) is 4.66. The zero-order valence-electron chi connectivity index (χ0n) is 7.45. The summed E-state index contributed by atoms with van der Waals surface area (Å²) in [6, 6.07) is -0.164. The second-order valence-electron chi connectivity index (χ2n) is 3.28. The van der Waals surface area contributed by atoms with Crippen molar-refractivity contribution in [1.29, 1.82) is 0 Å². The number of nitrogens with one attached hydrogen (secondary N) is 1. The zero-order chi connectivity index (χ0) is 9.78. The van der Waals surface area contributed by atoms with Gasteiger partial charge in [-0.1, -0.05) is 13.8 Å². The van der Waals surface area contributed by atoms with Gasteiger partial charge in [-0.25, -0.2) is 9.86 Å². The van der Waals surface area contributed by atoms with Crippen molar-refractivity contribution in [2.75, 3.05) is 6.54 Å². The molecule has 0 heterocycles. The van der Waals surface area contributed by atoms with Crippen LogP contribution in [-0.4, -0.2) is 21.0 Å². The second kappa shape index (κ2) is 4.76. The van der Waals surface area contributed by atoms with Crippen LogP contribution in [0.5, 0.6) is 0 Å². The normalized spacial score (nSPS) is 15.1. The molecule has 5 N–H and O–H groups in total. The fraction of sp³-hybridized carbons (Fsp3) is 1.00. The fourth-order valence-electron chi connectivity index (χ4n) is 0.912. The molecule has 0 aromatic heterocycles. The van der Waals surface area contributed by atoms with Crippen LogP contribution in [0.4, 0.5) is 0 Å². The quantitative estimate of drug-likeness (QED) is 0.533. The minimum absolute atomic E-state index is 0.164. The van der Waals surface area contributed by atoms with E-state index in [2.05, 4.69) is 4.72 Å². The van der Waals surface area contributed by atoms with E-state index < -0.39 is 10.2 Å². The Balaban J connectivity index is 3.65. The van der Waals surface area contributed by atoms with Crippen LogP contribution in [0.3, 0.4) is 0 Å². The average Bonchev–Trinajstić information content (AvgIpc) is 1.80. The summed E-state index contributed by atoms with van der Waals surface area (Å²) in [6.45, 7) is 4.25. The third-order valence-electron chi connectivity index (χ3n) is 1.32. The predicted molar refractivity (Wildman–Crippen MR) is 48.5 cm³/mol. The molecule has 0 spiro atoms. The highest BCUT2D eigenvalue weighted by molar-refractivity contribution is 7.87. The zero-order valence-corrected chi connectivity index (χ0v) is 8.26. The van der Waals surface area contributed by atoms with E-state index in [-0.39, 0.29) is 12.6 Å². The van der Waals surface area contributed by atoms with Crippen molar-refractivity contribution < 1.29 is 8.42 Å². The third-order valence-corrected chi connectivity index (χ3v) is 1.89. The average molecular weight is 195 g/mol. The highest BCUT2D eigenvalue weighted by Crippen LogP contribution is 2.01. The molecular weight excluding hydrogens is 178 g/mol. The maximum Gasteiger partial charge on any atom is 0.274 e. The van der Waals surface area contributed by atoms with Crippen LogP contribution in [0.25, 0.3) is 0 Å². The van der Waals surface area contributed by atoms with Crippen LogP contribution in [0.15, 0.2) is 0 Å². The summed E-state index contributed by atoms with van der Waals surface area (Å²) in [7, 11) is -3.58. The van der Waals surface area contributed by atoms with Gasteiger partial charge in [0.05, 0.1) is 0 Å². The number of rotatable bonds is 5. The summed E-state index contributed by atoms with van der Waals surface area (Å²) in [5.74, 6) is 0.460. The van der Waals surface area contributed by atoms with Gasteiger partial charge in [-0.05, 0) is 12.3 Å². The lowest BCUT2D eigenvalue weighted by Crippen LogP contribution is -2.40. The fourth-order valence-corrected chi connectivity index (χ4v) is 1.36. The smallest absolute Gasteiger partial charge is 0.274 e. The van der Waals surface area contributed by atoms with Gasteiger partial charge in [0, 0.05) is 12.6 Å². The van der Waals surface area contributed by atoms with Crippen molar-refractivity contribution in [2.24, 2.45) is 16.8 Å². The number of nitrogens with two attached hydrogens (primary N) is 2. The Morgan fingerprint density at radius 3 is 2.25 bits per heavy atom. The van der Waals surface area contributed by atoms with Crippen molar-refractivity contribution in [3.05, 3.63) is 0 Å². The van der Waals surface area contributed by atoms with Crippen molar-refractivity contribution in [2.45, 2.75) is 26.3 Å². The molecule has 6 heteroatoms. The van der Waals surface area contributed by atoms with Crippen molar-refractivity contribution in [3.8, 4) is 0 Å². The lowest BCUT2D eigenvalue weighted by molar-refractivity contribution is 0.486. The predicted octanol–water partition coefficient (Wildman–Crippen LogP) is -0.847. The van der Waals surface area contributed by atoms with Gasteiger partial charge in [-0.3, -0.25) is 0 Å². The first kappa shape index (κ1) is 11.8. The summed E-state index contributed by atoms with van der Waals surface area (Å²) in [5, 5.41) is 4.72. The molecule has 0 aliphatic heterocycles. The third kappa shape index (κ3) is 7.93. The molecule has 0 radical (unpaired) electrons. The lowest BCUT2D eigenvalue weighted by atomic mass is 10.1. The molecule has 0 aliphatic carbocycles. The molecule has 0 saturated carbocycles. The largest absolute Gasteiger partial charge is 0.327 e. The SMILES string of the molecule is CC(C)CC(N)CNS(N)(=O)=O. The molecule has 0 amide bonds. The molecule has 0 fully saturated rings. The van der Waals surface area contributed by atoms with Gasteiger partial charge in [-0.15, -0.1) is 0 Å². The molecule has 0 rings (SSSR count). The molecule has 0 aromatic carbocycles. The summed E-state index contributed by atoms with van der Waals surface area (Å²) in [6.07, 6.45) is 0.780. The number of hydrogen-bond donors (Lipinski definition) is 3. The Bertz CT molecular complexity index is 213. The first-order chi connectivity index (χ1) is 5.31. The van der Waals surface area contributed by atoms with Crippen LogP contribution < -0.4 is 15.6 Å². The standard InChI is InChI=1S/C6H17N3O2S/c1-5(2)3-6(7)4-9-12(8,10)11/h5-6,9H,3-4,7H2,1-2H3,(H2,8,10,11). The van der Waals surface area contributed by atoms with E-state index in [0.717, 1.165) is 6.42 Å². The summed E-state index contributed by atoms with van der Waals surface area (Å²) >= 11 is 0. The van der Waals surface area contributed by atoms with Crippen molar-refractivity contribution in [1.82, 2.24) is 4.72 Å². The first-order valence-corrected chi connectivity index (χ1v) is 5.39. The highest BCUT2D eigenvalue weighted by Gasteiger charge is 2.08. The van der Waals surface area contributed by atoms with Crippen LogP contribution >= 0.6 is 0 Å². The Hall–Kier alpha value is -0.170. The maximum atomic E-state index is 10.4. The van der Waals surface area contributed by atoms with Crippen molar-refractivity contribution >= 4 is 10.2 Å². The summed E-state index contributed by atoms with van der Waals surface area (Å²) in [4.78, 5) is 0. The molecule has 12 heavy (non-hydrogen) atoms.